The van der Waals surface area contributed by atoms with Gasteiger partial charge in [-0.15, -0.1) is 11.6 Å². The van der Waals surface area contributed by atoms with Crippen LogP contribution in [0.25, 0.3) is 0 Å². The van der Waals surface area contributed by atoms with Crippen molar-refractivity contribution in [2.24, 2.45) is 0 Å². The zero-order valence-electron chi connectivity index (χ0n) is 9.28. The number of carbonyl (C=O) groups excluding carboxylic acids is 1. The lowest BCUT2D eigenvalue weighted by atomic mass is 10.0. The molecular weight excluding hydrogens is 259 g/mol. The molecule has 0 bridgehead atoms. The molecular formula is C10H15ClF3NO2. The van der Waals surface area contributed by atoms with Gasteiger partial charge in [0.15, 0.2) is 0 Å². The van der Waals surface area contributed by atoms with Crippen molar-refractivity contribution in [2.45, 2.75) is 37.4 Å². The van der Waals surface area contributed by atoms with E-state index in [9.17, 15) is 18.0 Å². The van der Waals surface area contributed by atoms with E-state index in [1.165, 1.54) is 0 Å². The molecule has 0 unspecified atom stereocenters. The van der Waals surface area contributed by atoms with Crippen molar-refractivity contribution in [2.75, 3.05) is 19.1 Å². The first-order valence-corrected chi connectivity index (χ1v) is 5.92. The molecule has 1 fully saturated rings. The largest absolute Gasteiger partial charge is 0.411 e. The van der Waals surface area contributed by atoms with Crippen molar-refractivity contribution < 1.29 is 22.7 Å². The topological polar surface area (TPSA) is 38.3 Å². The van der Waals surface area contributed by atoms with Crippen LogP contribution in [0, 0.1) is 0 Å². The summed E-state index contributed by atoms with van der Waals surface area (Å²) in [5.41, 5.74) is -0.458. The first-order chi connectivity index (χ1) is 7.87. The summed E-state index contributed by atoms with van der Waals surface area (Å²) < 4.78 is 39.6. The Kier molecular flexibility index (Phi) is 5.06. The number of rotatable bonds is 5. The van der Waals surface area contributed by atoms with E-state index < -0.39 is 30.8 Å². The zero-order valence-corrected chi connectivity index (χ0v) is 10.0. The second-order valence-corrected chi connectivity index (χ2v) is 4.54. The van der Waals surface area contributed by atoms with Gasteiger partial charge in [0.05, 0.1) is 5.54 Å². The summed E-state index contributed by atoms with van der Waals surface area (Å²) in [7, 11) is 0. The Balaban J connectivity index is 2.29. The summed E-state index contributed by atoms with van der Waals surface area (Å²) in [5.74, 6) is -0.269. The predicted molar refractivity (Wildman–Crippen MR) is 56.9 cm³/mol. The van der Waals surface area contributed by atoms with Crippen LogP contribution in [0.2, 0.25) is 0 Å². The quantitative estimate of drug-likeness (QED) is 0.780. The van der Waals surface area contributed by atoms with E-state index in [1.807, 2.05) is 0 Å². The number of carbonyl (C=O) groups is 1. The molecule has 0 aromatic carbocycles. The second-order valence-electron chi connectivity index (χ2n) is 4.28. The summed E-state index contributed by atoms with van der Waals surface area (Å²) in [6, 6.07) is 0. The first-order valence-electron chi connectivity index (χ1n) is 5.38. The van der Waals surface area contributed by atoms with Crippen LogP contribution in [-0.2, 0) is 9.53 Å². The van der Waals surface area contributed by atoms with E-state index in [0.717, 1.165) is 25.7 Å². The van der Waals surface area contributed by atoms with Crippen LogP contribution < -0.4 is 5.32 Å². The van der Waals surface area contributed by atoms with Crippen LogP contribution in [0.4, 0.5) is 13.2 Å². The van der Waals surface area contributed by atoms with Crippen molar-refractivity contribution in [3.63, 3.8) is 0 Å². The predicted octanol–water partition coefficient (Wildman–Crippen LogP) is 2.23. The van der Waals surface area contributed by atoms with Crippen molar-refractivity contribution in [3.05, 3.63) is 0 Å². The Morgan fingerprint density at radius 2 is 1.94 bits per heavy atom. The molecule has 7 heteroatoms. The van der Waals surface area contributed by atoms with Gasteiger partial charge in [-0.25, -0.2) is 0 Å². The van der Waals surface area contributed by atoms with Gasteiger partial charge in [0.1, 0.15) is 13.2 Å². The molecule has 0 radical (unpaired) electrons. The monoisotopic (exact) mass is 273 g/mol. The fraction of sp³-hybridized carbons (Fsp3) is 0.900. The van der Waals surface area contributed by atoms with E-state index in [1.54, 1.807) is 0 Å². The highest BCUT2D eigenvalue weighted by Crippen LogP contribution is 2.30. The van der Waals surface area contributed by atoms with Crippen molar-refractivity contribution in [1.82, 2.24) is 5.32 Å². The Bertz CT molecular complexity index is 265. The minimum atomic E-state index is -4.40. The number of alkyl halides is 4. The van der Waals surface area contributed by atoms with Gasteiger partial charge in [-0.2, -0.15) is 13.2 Å². The molecule has 100 valence electrons. The maximum Gasteiger partial charge on any atom is 0.411 e. The van der Waals surface area contributed by atoms with E-state index in [2.05, 4.69) is 10.1 Å². The van der Waals surface area contributed by atoms with Gasteiger partial charge in [0, 0.05) is 5.88 Å². The van der Waals surface area contributed by atoms with Crippen molar-refractivity contribution in [1.29, 1.82) is 0 Å². The van der Waals surface area contributed by atoms with Gasteiger partial charge in [0.25, 0.3) is 0 Å². The fourth-order valence-electron chi connectivity index (χ4n) is 1.94. The molecule has 1 N–H and O–H groups in total. The lowest BCUT2D eigenvalue weighted by molar-refractivity contribution is -0.175. The average Bonchev–Trinajstić information content (AvgIpc) is 2.65. The van der Waals surface area contributed by atoms with Gasteiger partial charge >= 0.3 is 6.18 Å². The maximum absolute atomic E-state index is 11.8. The first kappa shape index (κ1) is 14.6. The summed E-state index contributed by atoms with van der Waals surface area (Å²) >= 11 is 5.78. The highest BCUT2D eigenvalue weighted by atomic mass is 35.5. The van der Waals surface area contributed by atoms with Crippen molar-refractivity contribution in [3.8, 4) is 0 Å². The molecule has 0 atom stereocenters. The minimum Gasteiger partial charge on any atom is -0.362 e. The number of halogens is 4. The van der Waals surface area contributed by atoms with Crippen LogP contribution in [0.1, 0.15) is 25.7 Å². The molecule has 1 rings (SSSR count). The highest BCUT2D eigenvalue weighted by Gasteiger charge is 2.34. The van der Waals surface area contributed by atoms with Gasteiger partial charge in [-0.05, 0) is 12.8 Å². The van der Waals surface area contributed by atoms with Crippen LogP contribution >= 0.6 is 11.6 Å². The van der Waals surface area contributed by atoms with E-state index in [4.69, 9.17) is 11.6 Å². The molecule has 0 aromatic rings. The van der Waals surface area contributed by atoms with Crippen LogP contribution in [0.15, 0.2) is 0 Å². The van der Waals surface area contributed by atoms with Gasteiger partial charge in [-0.3, -0.25) is 4.79 Å². The van der Waals surface area contributed by atoms with Crippen LogP contribution in [-0.4, -0.2) is 36.7 Å². The Morgan fingerprint density at radius 3 is 2.41 bits per heavy atom. The Hall–Kier alpha value is -0.490. The Labute approximate surface area is 103 Å². The third kappa shape index (κ3) is 5.12. The molecule has 1 aliphatic carbocycles. The maximum atomic E-state index is 11.8. The fourth-order valence-corrected chi connectivity index (χ4v) is 2.27. The summed E-state index contributed by atoms with van der Waals surface area (Å²) in [6.45, 7) is -1.99. The zero-order chi connectivity index (χ0) is 12.9. The molecule has 0 spiro atoms. The molecule has 17 heavy (non-hydrogen) atoms. The molecule has 1 aliphatic rings. The van der Waals surface area contributed by atoms with E-state index in [-0.39, 0.29) is 5.88 Å². The smallest absolute Gasteiger partial charge is 0.362 e. The molecule has 3 nitrogen and oxygen atoms in total. The normalized spacial score (nSPS) is 19.3. The number of nitrogens with one attached hydrogen (secondary N) is 1. The summed E-state index contributed by atoms with van der Waals surface area (Å²) in [5, 5.41) is 2.67. The molecule has 1 amide bonds. The highest BCUT2D eigenvalue weighted by molar-refractivity contribution is 6.18. The van der Waals surface area contributed by atoms with Gasteiger partial charge in [-0.1, -0.05) is 12.8 Å². The Morgan fingerprint density at radius 1 is 1.35 bits per heavy atom. The van der Waals surface area contributed by atoms with Crippen LogP contribution in [0.3, 0.4) is 0 Å². The SMILES string of the molecule is O=C(COCC(F)(F)F)NC1(CCl)CCCC1. The molecule has 0 aromatic heterocycles. The number of hydrogen-bond donors (Lipinski definition) is 1. The lowest BCUT2D eigenvalue weighted by Gasteiger charge is -2.27. The number of hydrogen-bond acceptors (Lipinski definition) is 2. The van der Waals surface area contributed by atoms with E-state index in [0.29, 0.717) is 0 Å². The minimum absolute atomic E-state index is 0.276. The lowest BCUT2D eigenvalue weighted by Crippen LogP contribution is -2.49. The third-order valence-electron chi connectivity index (χ3n) is 2.72. The van der Waals surface area contributed by atoms with E-state index >= 15 is 0 Å². The summed E-state index contributed by atoms with van der Waals surface area (Å²) in [4.78, 5) is 11.4. The summed E-state index contributed by atoms with van der Waals surface area (Å²) in [6.07, 6.45) is -0.937. The third-order valence-corrected chi connectivity index (χ3v) is 3.23. The molecule has 1 saturated carbocycles. The molecule has 0 aliphatic heterocycles. The van der Waals surface area contributed by atoms with Crippen molar-refractivity contribution >= 4 is 17.5 Å². The van der Waals surface area contributed by atoms with Gasteiger partial charge in [0.2, 0.25) is 5.91 Å². The molecule has 0 heterocycles. The van der Waals surface area contributed by atoms with Crippen LogP contribution in [0.5, 0.6) is 0 Å². The standard InChI is InChI=1S/C10H15ClF3NO2/c11-6-9(3-1-2-4-9)15-8(16)5-17-7-10(12,13)14/h1-7H2,(H,15,16). The van der Waals surface area contributed by atoms with Gasteiger partial charge < -0.3 is 10.1 Å². The second kappa shape index (κ2) is 5.91. The number of ether oxygens (including phenoxy) is 1. The molecule has 0 saturated heterocycles. The number of amides is 1. The average molecular weight is 274 g/mol.